The molecule has 1 aromatic heterocycles. The van der Waals surface area contributed by atoms with Gasteiger partial charge in [-0.15, -0.1) is 0 Å². The smallest absolute Gasteiger partial charge is 0.236 e. The zero-order valence-electron chi connectivity index (χ0n) is 13.4. The zero-order valence-corrected chi connectivity index (χ0v) is 15.8. The van der Waals surface area contributed by atoms with E-state index in [0.29, 0.717) is 27.5 Å². The van der Waals surface area contributed by atoms with E-state index in [1.54, 1.807) is 30.6 Å². The summed E-state index contributed by atoms with van der Waals surface area (Å²) in [5.41, 5.74) is 0.822. The molecule has 1 aliphatic rings. The number of aliphatic imine (C=N–C) groups is 1. The van der Waals surface area contributed by atoms with Gasteiger partial charge < -0.3 is 5.32 Å². The number of benzene rings is 1. The number of halogens is 2. The van der Waals surface area contributed by atoms with E-state index in [2.05, 4.69) is 20.3 Å². The number of carbonyl (C=O) groups excluding carboxylic acids is 1. The molecule has 2 heterocycles. The molecule has 0 saturated carbocycles. The van der Waals surface area contributed by atoms with Crippen molar-refractivity contribution in [2.24, 2.45) is 4.99 Å². The number of rotatable bonds is 5. The first-order valence-corrected chi connectivity index (χ1v) is 9.45. The van der Waals surface area contributed by atoms with Crippen molar-refractivity contribution in [2.75, 3.05) is 0 Å². The Bertz CT molecular complexity index is 800. The first-order valence-electron chi connectivity index (χ1n) is 7.82. The number of nitrogens with one attached hydrogen (secondary N) is 1. The van der Waals surface area contributed by atoms with E-state index in [4.69, 9.17) is 23.2 Å². The largest absolute Gasteiger partial charge is 0.351 e. The van der Waals surface area contributed by atoms with Crippen molar-refractivity contribution in [3.8, 4) is 0 Å². The van der Waals surface area contributed by atoms with E-state index in [0.717, 1.165) is 12.0 Å². The minimum atomic E-state index is -0.296. The molecule has 2 atom stereocenters. The van der Waals surface area contributed by atoms with Crippen LogP contribution in [0.3, 0.4) is 0 Å². The minimum absolute atomic E-state index is 0.0717. The number of carbonyl (C=O) groups is 1. The van der Waals surface area contributed by atoms with E-state index >= 15 is 0 Å². The Labute approximate surface area is 160 Å². The van der Waals surface area contributed by atoms with Crippen LogP contribution in [0.5, 0.6) is 0 Å². The molecule has 130 valence electrons. The maximum Gasteiger partial charge on any atom is 0.236 e. The van der Waals surface area contributed by atoms with Crippen molar-refractivity contribution in [3.05, 3.63) is 58.1 Å². The molecule has 3 rings (SSSR count). The summed E-state index contributed by atoms with van der Waals surface area (Å²) >= 11 is 13.5. The molecule has 5 nitrogen and oxygen atoms in total. The highest BCUT2D eigenvalue weighted by Gasteiger charge is 2.35. The Morgan fingerprint density at radius 1 is 1.28 bits per heavy atom. The van der Waals surface area contributed by atoms with Gasteiger partial charge in [0, 0.05) is 29.0 Å². The normalized spacial score (nSPS) is 19.6. The highest BCUT2D eigenvalue weighted by atomic mass is 35.5. The monoisotopic (exact) mass is 394 g/mol. The summed E-state index contributed by atoms with van der Waals surface area (Å²) in [5, 5.41) is 4.45. The van der Waals surface area contributed by atoms with Gasteiger partial charge in [-0.1, -0.05) is 48.0 Å². The van der Waals surface area contributed by atoms with Gasteiger partial charge in [0.2, 0.25) is 5.91 Å². The molecule has 0 bridgehead atoms. The van der Waals surface area contributed by atoms with Crippen LogP contribution >= 0.6 is 35.0 Å². The second-order valence-corrected chi connectivity index (χ2v) is 7.45. The lowest BCUT2D eigenvalue weighted by molar-refractivity contribution is -0.121. The fourth-order valence-electron chi connectivity index (χ4n) is 2.45. The van der Waals surface area contributed by atoms with E-state index in [1.165, 1.54) is 11.8 Å². The van der Waals surface area contributed by atoms with Gasteiger partial charge in [0.15, 0.2) is 5.82 Å². The van der Waals surface area contributed by atoms with Crippen LogP contribution in [0.15, 0.2) is 41.7 Å². The highest BCUT2D eigenvalue weighted by Crippen LogP contribution is 2.31. The third kappa shape index (κ3) is 4.32. The van der Waals surface area contributed by atoms with Crippen molar-refractivity contribution in [2.45, 2.75) is 31.2 Å². The first kappa shape index (κ1) is 18.2. The number of aromatic nitrogens is 2. The summed E-state index contributed by atoms with van der Waals surface area (Å²) in [4.78, 5) is 25.7. The molecule has 1 aliphatic heterocycles. The number of hydrogen-bond acceptors (Lipinski definition) is 5. The van der Waals surface area contributed by atoms with Crippen LogP contribution in [0.4, 0.5) is 0 Å². The average Bonchev–Trinajstić information content (AvgIpc) is 3.06. The van der Waals surface area contributed by atoms with Crippen molar-refractivity contribution in [3.63, 3.8) is 0 Å². The zero-order chi connectivity index (χ0) is 17.8. The second kappa shape index (κ2) is 8.17. The quantitative estimate of drug-likeness (QED) is 0.838. The molecule has 0 saturated heterocycles. The van der Waals surface area contributed by atoms with Gasteiger partial charge in [0.25, 0.3) is 0 Å². The van der Waals surface area contributed by atoms with Gasteiger partial charge >= 0.3 is 0 Å². The van der Waals surface area contributed by atoms with Crippen LogP contribution in [0, 0.1) is 0 Å². The first-order chi connectivity index (χ1) is 12.1. The molecule has 2 unspecified atom stereocenters. The molecule has 0 aliphatic carbocycles. The third-order valence-corrected chi connectivity index (χ3v) is 5.65. The fraction of sp³-hybridized carbons (Fsp3) is 0.294. The van der Waals surface area contributed by atoms with Crippen molar-refractivity contribution >= 4 is 45.9 Å². The summed E-state index contributed by atoms with van der Waals surface area (Å²) in [6.07, 6.45) is 4.10. The number of nitrogens with zero attached hydrogens (tertiary/aromatic N) is 3. The van der Waals surface area contributed by atoms with Gasteiger partial charge in [-0.3, -0.25) is 9.79 Å². The van der Waals surface area contributed by atoms with Crippen molar-refractivity contribution in [1.82, 2.24) is 15.3 Å². The van der Waals surface area contributed by atoms with Crippen LogP contribution in [0.25, 0.3) is 0 Å². The molecule has 0 radical (unpaired) electrons. The minimum Gasteiger partial charge on any atom is -0.351 e. The van der Waals surface area contributed by atoms with Crippen LogP contribution in [0.2, 0.25) is 10.0 Å². The van der Waals surface area contributed by atoms with Gasteiger partial charge in [-0.2, -0.15) is 0 Å². The second-order valence-electron chi connectivity index (χ2n) is 5.47. The SMILES string of the molecule is CCC1N=C(c2ncccn2)SC1C(=O)NCc1ccc(Cl)cc1Cl. The molecule has 1 N–H and O–H groups in total. The van der Waals surface area contributed by atoms with Crippen LogP contribution in [-0.4, -0.2) is 32.2 Å². The number of hydrogen-bond donors (Lipinski definition) is 1. The van der Waals surface area contributed by atoms with Gasteiger partial charge in [0.05, 0.1) is 6.04 Å². The predicted octanol–water partition coefficient (Wildman–Crippen LogP) is 3.74. The van der Waals surface area contributed by atoms with Gasteiger partial charge in [0.1, 0.15) is 10.3 Å². The van der Waals surface area contributed by atoms with E-state index in [9.17, 15) is 4.79 Å². The van der Waals surface area contributed by atoms with E-state index in [-0.39, 0.29) is 17.2 Å². The summed E-state index contributed by atoms with van der Waals surface area (Å²) in [6.45, 7) is 2.36. The van der Waals surface area contributed by atoms with E-state index < -0.39 is 0 Å². The molecule has 1 aromatic carbocycles. The number of amides is 1. The molecular formula is C17H16Cl2N4OS. The lowest BCUT2D eigenvalue weighted by atomic mass is 10.1. The Kier molecular flexibility index (Phi) is 5.93. The third-order valence-electron chi connectivity index (χ3n) is 3.77. The summed E-state index contributed by atoms with van der Waals surface area (Å²) in [5.74, 6) is 0.486. The maximum absolute atomic E-state index is 12.6. The topological polar surface area (TPSA) is 67.2 Å². The van der Waals surface area contributed by atoms with Crippen LogP contribution in [0.1, 0.15) is 24.7 Å². The Morgan fingerprint density at radius 2 is 2.04 bits per heavy atom. The number of thioether (sulfide) groups is 1. The molecular weight excluding hydrogens is 379 g/mol. The van der Waals surface area contributed by atoms with E-state index in [1.807, 2.05) is 13.0 Å². The van der Waals surface area contributed by atoms with Crippen LogP contribution < -0.4 is 5.32 Å². The lowest BCUT2D eigenvalue weighted by Crippen LogP contribution is -2.37. The summed E-state index contributed by atoms with van der Waals surface area (Å²) in [7, 11) is 0. The molecule has 2 aromatic rings. The molecule has 1 amide bonds. The molecule has 8 heteroatoms. The molecule has 0 fully saturated rings. The average molecular weight is 395 g/mol. The Hall–Kier alpha value is -1.63. The standard InChI is InChI=1S/C17H16Cl2N4OS/c1-2-13-14(25-17(23-13)15-20-6-3-7-21-15)16(24)22-9-10-4-5-11(18)8-12(10)19/h3-8,13-14H,2,9H2,1H3,(H,22,24). The highest BCUT2D eigenvalue weighted by molar-refractivity contribution is 8.15. The lowest BCUT2D eigenvalue weighted by Gasteiger charge is -2.15. The van der Waals surface area contributed by atoms with Crippen molar-refractivity contribution < 1.29 is 4.79 Å². The fourth-order valence-corrected chi connectivity index (χ4v) is 4.17. The van der Waals surface area contributed by atoms with Gasteiger partial charge in [-0.25, -0.2) is 9.97 Å². The molecule has 0 spiro atoms. The van der Waals surface area contributed by atoms with Crippen molar-refractivity contribution in [1.29, 1.82) is 0 Å². The Balaban J connectivity index is 1.66. The summed E-state index contributed by atoms with van der Waals surface area (Å²) < 4.78 is 0. The van der Waals surface area contributed by atoms with Gasteiger partial charge in [-0.05, 0) is 30.2 Å². The Morgan fingerprint density at radius 3 is 2.72 bits per heavy atom. The summed E-state index contributed by atoms with van der Waals surface area (Å²) in [6, 6.07) is 6.88. The molecule has 25 heavy (non-hydrogen) atoms. The predicted molar refractivity (Wildman–Crippen MR) is 102 cm³/mol. The van der Waals surface area contributed by atoms with Crippen LogP contribution in [-0.2, 0) is 11.3 Å². The maximum atomic E-state index is 12.6.